The summed E-state index contributed by atoms with van der Waals surface area (Å²) in [4.78, 5) is 35.9. The standard InChI is InChI=1S/C71H45N9/c1-6-20-46(21-7-1)47-34-36-48(37-35-47)58-44-55(79-61-32-18-16-30-56(61)59-42-53(38-40-63(59)79)69-75-65(49-22-8-2-9-23-49)73-66(76-69)50-24-10-3-11-25-50)45-72-71(58)80-62-33-19-17-31-57(62)60-43-54(39-41-64(60)80)70-77-67(51-26-12-4-13-27-51)74-68(78-70)52-28-14-5-15-29-52/h1-45H. The monoisotopic (exact) mass is 1020 g/mol. The fourth-order valence-electron chi connectivity index (χ4n) is 11.0. The van der Waals surface area contributed by atoms with Crippen LogP contribution < -0.4 is 0 Å². The van der Waals surface area contributed by atoms with Gasteiger partial charge in [-0.15, -0.1) is 0 Å². The van der Waals surface area contributed by atoms with Gasteiger partial charge in [-0.1, -0.05) is 212 Å². The molecule has 0 saturated carbocycles. The Morgan fingerprint density at radius 2 is 0.537 bits per heavy atom. The van der Waals surface area contributed by atoms with E-state index in [9.17, 15) is 0 Å². The number of para-hydroxylation sites is 2. The molecule has 0 radical (unpaired) electrons. The van der Waals surface area contributed by atoms with Crippen LogP contribution in [0.1, 0.15) is 0 Å². The van der Waals surface area contributed by atoms with Gasteiger partial charge in [0.05, 0.1) is 34.0 Å². The third-order valence-corrected chi connectivity index (χ3v) is 14.9. The Morgan fingerprint density at radius 3 is 0.975 bits per heavy atom. The molecule has 80 heavy (non-hydrogen) atoms. The van der Waals surface area contributed by atoms with E-state index in [1.807, 2.05) is 128 Å². The van der Waals surface area contributed by atoms with Gasteiger partial charge in [0.15, 0.2) is 34.9 Å². The minimum absolute atomic E-state index is 0.596. The smallest absolute Gasteiger partial charge is 0.164 e. The first-order valence-corrected chi connectivity index (χ1v) is 26.6. The molecule has 15 rings (SSSR count). The van der Waals surface area contributed by atoms with Crippen molar-refractivity contribution in [3.05, 3.63) is 273 Å². The van der Waals surface area contributed by atoms with E-state index in [0.717, 1.165) is 111 Å². The van der Waals surface area contributed by atoms with Gasteiger partial charge in [-0.05, 0) is 71.3 Å². The number of pyridine rings is 1. The summed E-state index contributed by atoms with van der Waals surface area (Å²) in [6.07, 6.45) is 2.01. The van der Waals surface area contributed by atoms with Crippen LogP contribution in [0, 0.1) is 0 Å². The van der Waals surface area contributed by atoms with E-state index in [-0.39, 0.29) is 0 Å². The Labute approximate surface area is 460 Å². The molecular formula is C71H45N9. The molecule has 9 nitrogen and oxygen atoms in total. The van der Waals surface area contributed by atoms with Crippen molar-refractivity contribution in [2.24, 2.45) is 0 Å². The van der Waals surface area contributed by atoms with Gasteiger partial charge in [0.1, 0.15) is 5.82 Å². The minimum Gasteiger partial charge on any atom is -0.308 e. The van der Waals surface area contributed by atoms with Crippen molar-refractivity contribution in [1.29, 1.82) is 0 Å². The first kappa shape index (κ1) is 46.3. The maximum absolute atomic E-state index is 5.54. The van der Waals surface area contributed by atoms with E-state index in [1.165, 1.54) is 0 Å². The molecule has 0 aliphatic carbocycles. The highest BCUT2D eigenvalue weighted by molar-refractivity contribution is 6.12. The summed E-state index contributed by atoms with van der Waals surface area (Å²) in [6, 6.07) is 92.2. The molecule has 0 bridgehead atoms. The summed E-state index contributed by atoms with van der Waals surface area (Å²) in [5.41, 5.74) is 14.8. The molecule has 0 spiro atoms. The lowest BCUT2D eigenvalue weighted by Crippen LogP contribution is -2.04. The predicted molar refractivity (Wildman–Crippen MR) is 323 cm³/mol. The van der Waals surface area contributed by atoms with Crippen LogP contribution >= 0.6 is 0 Å². The van der Waals surface area contributed by atoms with E-state index in [4.69, 9.17) is 34.9 Å². The van der Waals surface area contributed by atoms with E-state index >= 15 is 0 Å². The van der Waals surface area contributed by atoms with E-state index < -0.39 is 0 Å². The van der Waals surface area contributed by atoms with Crippen LogP contribution in [0.25, 0.3) is 146 Å². The number of fused-ring (bicyclic) bond motifs is 6. The van der Waals surface area contributed by atoms with Crippen molar-refractivity contribution >= 4 is 43.6 Å². The summed E-state index contributed by atoms with van der Waals surface area (Å²) in [5, 5.41) is 4.32. The largest absolute Gasteiger partial charge is 0.308 e. The van der Waals surface area contributed by atoms with Gasteiger partial charge in [-0.25, -0.2) is 34.9 Å². The van der Waals surface area contributed by atoms with E-state index in [1.54, 1.807) is 0 Å². The molecule has 10 aromatic carbocycles. The third kappa shape index (κ3) is 8.25. The highest BCUT2D eigenvalue weighted by atomic mass is 15.1. The van der Waals surface area contributed by atoms with Crippen LogP contribution in [-0.2, 0) is 0 Å². The maximum atomic E-state index is 5.54. The fourth-order valence-corrected chi connectivity index (χ4v) is 11.0. The molecule has 0 saturated heterocycles. The molecule has 0 amide bonds. The van der Waals surface area contributed by atoms with Crippen molar-refractivity contribution in [2.75, 3.05) is 0 Å². The fraction of sp³-hybridized carbons (Fsp3) is 0. The summed E-state index contributed by atoms with van der Waals surface area (Å²) < 4.78 is 4.63. The second kappa shape index (κ2) is 19.5. The Kier molecular flexibility index (Phi) is 11.3. The first-order chi connectivity index (χ1) is 39.6. The average Bonchev–Trinajstić information content (AvgIpc) is 4.27. The zero-order valence-corrected chi connectivity index (χ0v) is 43.0. The van der Waals surface area contributed by atoms with Crippen molar-refractivity contribution in [1.82, 2.24) is 44.0 Å². The molecule has 374 valence electrons. The molecule has 0 N–H and O–H groups in total. The lowest BCUT2D eigenvalue weighted by molar-refractivity contribution is 1.06. The van der Waals surface area contributed by atoms with Gasteiger partial charge in [-0.3, -0.25) is 4.57 Å². The summed E-state index contributed by atoms with van der Waals surface area (Å²) in [6.45, 7) is 0. The Hall–Kier alpha value is -11.0. The van der Waals surface area contributed by atoms with Crippen LogP contribution in [0.4, 0.5) is 0 Å². The van der Waals surface area contributed by atoms with Crippen LogP contribution in [0.3, 0.4) is 0 Å². The van der Waals surface area contributed by atoms with Crippen molar-refractivity contribution < 1.29 is 0 Å². The molecule has 5 aromatic heterocycles. The van der Waals surface area contributed by atoms with E-state index in [2.05, 4.69) is 155 Å². The zero-order chi connectivity index (χ0) is 52.9. The zero-order valence-electron chi connectivity index (χ0n) is 43.0. The first-order valence-electron chi connectivity index (χ1n) is 26.6. The Bertz CT molecular complexity index is 4680. The number of rotatable bonds is 10. The van der Waals surface area contributed by atoms with Gasteiger partial charge in [0, 0.05) is 60.5 Å². The van der Waals surface area contributed by atoms with Crippen LogP contribution in [0.5, 0.6) is 0 Å². The molecule has 0 fully saturated rings. The van der Waals surface area contributed by atoms with Crippen LogP contribution in [0.15, 0.2) is 273 Å². The Morgan fingerprint density at radius 1 is 0.225 bits per heavy atom. The topological polar surface area (TPSA) is 100 Å². The molecule has 0 aliphatic rings. The number of aromatic nitrogens is 9. The SMILES string of the molecule is c1ccc(-c2ccc(-c3cc(-n4c5ccccc5c5cc(-c6nc(-c7ccccc7)nc(-c7ccccc7)n6)ccc54)cnc3-n3c4ccccc4c4cc(-c5nc(-c6ccccc6)nc(-c6ccccc6)n5)ccc43)cc2)cc1. The average molecular weight is 1020 g/mol. The summed E-state index contributed by atoms with van der Waals surface area (Å²) in [5.74, 6) is 4.47. The molecule has 0 aliphatic heterocycles. The van der Waals surface area contributed by atoms with Crippen molar-refractivity contribution in [2.45, 2.75) is 0 Å². The normalized spacial score (nSPS) is 11.5. The Balaban J connectivity index is 0.906. The molecule has 0 atom stereocenters. The minimum atomic E-state index is 0.596. The number of hydrogen-bond acceptors (Lipinski definition) is 7. The highest BCUT2D eigenvalue weighted by Crippen LogP contribution is 2.41. The van der Waals surface area contributed by atoms with Gasteiger partial charge in [0.2, 0.25) is 0 Å². The lowest BCUT2D eigenvalue weighted by Gasteiger charge is -2.17. The number of hydrogen-bond donors (Lipinski definition) is 0. The van der Waals surface area contributed by atoms with Crippen molar-refractivity contribution in [3.63, 3.8) is 0 Å². The van der Waals surface area contributed by atoms with Gasteiger partial charge >= 0.3 is 0 Å². The van der Waals surface area contributed by atoms with Gasteiger partial charge in [-0.2, -0.15) is 0 Å². The second-order valence-electron chi connectivity index (χ2n) is 19.8. The van der Waals surface area contributed by atoms with Crippen molar-refractivity contribution in [3.8, 4) is 102 Å². The van der Waals surface area contributed by atoms with Crippen LogP contribution in [0.2, 0.25) is 0 Å². The van der Waals surface area contributed by atoms with E-state index in [0.29, 0.717) is 34.9 Å². The molecule has 9 heteroatoms. The molecule has 5 heterocycles. The quantitative estimate of drug-likeness (QED) is 0.134. The summed E-state index contributed by atoms with van der Waals surface area (Å²) in [7, 11) is 0. The molecule has 0 unspecified atom stereocenters. The summed E-state index contributed by atoms with van der Waals surface area (Å²) >= 11 is 0. The van der Waals surface area contributed by atoms with Gasteiger partial charge in [0.25, 0.3) is 0 Å². The lowest BCUT2D eigenvalue weighted by atomic mass is 10.00. The third-order valence-electron chi connectivity index (χ3n) is 14.9. The highest BCUT2D eigenvalue weighted by Gasteiger charge is 2.23. The number of benzene rings is 10. The predicted octanol–water partition coefficient (Wildman–Crippen LogP) is 17.0. The van der Waals surface area contributed by atoms with Gasteiger partial charge < -0.3 is 4.57 Å². The van der Waals surface area contributed by atoms with Crippen LogP contribution in [-0.4, -0.2) is 44.0 Å². The second-order valence-corrected chi connectivity index (χ2v) is 19.8. The molecular weight excluding hydrogens is 979 g/mol. The molecule has 15 aromatic rings. The number of nitrogens with zero attached hydrogens (tertiary/aromatic N) is 9. The maximum Gasteiger partial charge on any atom is 0.164 e.